The fourth-order valence-corrected chi connectivity index (χ4v) is 3.41. The summed E-state index contributed by atoms with van der Waals surface area (Å²) in [5.74, 6) is 0.766. The minimum absolute atomic E-state index is 0.0296. The highest BCUT2D eigenvalue weighted by atomic mass is 32.2. The lowest BCUT2D eigenvalue weighted by Crippen LogP contribution is -2.25. The van der Waals surface area contributed by atoms with Gasteiger partial charge in [-0.2, -0.15) is 0 Å². The molecule has 0 amide bonds. The number of nitrogens with zero attached hydrogens (tertiary/aromatic N) is 1. The van der Waals surface area contributed by atoms with Gasteiger partial charge in [-0.15, -0.1) is 0 Å². The van der Waals surface area contributed by atoms with Crippen LogP contribution in [0, 0.1) is 16.0 Å². The van der Waals surface area contributed by atoms with Gasteiger partial charge in [-0.1, -0.05) is 12.8 Å². The molecule has 2 N–H and O–H groups in total. The third-order valence-corrected chi connectivity index (χ3v) is 5.03. The van der Waals surface area contributed by atoms with Gasteiger partial charge in [0.05, 0.1) is 10.6 Å². The van der Waals surface area contributed by atoms with Crippen molar-refractivity contribution < 1.29 is 13.3 Å². The molecular weight excluding hydrogens is 294 g/mol. The van der Waals surface area contributed by atoms with Gasteiger partial charge in [-0.3, -0.25) is 10.1 Å². The van der Waals surface area contributed by atoms with Crippen LogP contribution in [0.5, 0.6) is 0 Å². The summed E-state index contributed by atoms with van der Waals surface area (Å²) in [7, 11) is -2.13. The Kier molecular flexibility index (Phi) is 4.79. The molecule has 8 heteroatoms. The van der Waals surface area contributed by atoms with Crippen LogP contribution in [-0.2, 0) is 10.0 Å². The molecule has 1 aliphatic carbocycles. The van der Waals surface area contributed by atoms with Crippen LogP contribution in [0.3, 0.4) is 0 Å². The van der Waals surface area contributed by atoms with E-state index in [2.05, 4.69) is 10.0 Å². The Hall–Kier alpha value is -1.67. The van der Waals surface area contributed by atoms with E-state index in [0.717, 1.165) is 18.8 Å². The van der Waals surface area contributed by atoms with Crippen molar-refractivity contribution in [3.05, 3.63) is 28.3 Å². The zero-order valence-electron chi connectivity index (χ0n) is 11.8. The Balaban J connectivity index is 2.08. The Morgan fingerprint density at radius 3 is 2.67 bits per heavy atom. The number of hydrogen-bond donors (Lipinski definition) is 2. The van der Waals surface area contributed by atoms with Crippen LogP contribution in [0.15, 0.2) is 23.1 Å². The fourth-order valence-electron chi connectivity index (χ4n) is 2.14. The van der Waals surface area contributed by atoms with E-state index < -0.39 is 14.9 Å². The van der Waals surface area contributed by atoms with E-state index in [1.807, 2.05) is 0 Å². The van der Waals surface area contributed by atoms with Crippen molar-refractivity contribution in [2.45, 2.75) is 30.6 Å². The minimum Gasteiger partial charge on any atom is -0.387 e. The van der Waals surface area contributed by atoms with Crippen molar-refractivity contribution in [3.63, 3.8) is 0 Å². The normalized spacial score (nSPS) is 14.9. The molecule has 0 saturated heterocycles. The maximum atomic E-state index is 12.2. The molecule has 21 heavy (non-hydrogen) atoms. The number of rotatable bonds is 8. The van der Waals surface area contributed by atoms with Crippen molar-refractivity contribution in [2.24, 2.45) is 5.92 Å². The third-order valence-electron chi connectivity index (χ3n) is 3.51. The first kappa shape index (κ1) is 15.7. The zero-order chi connectivity index (χ0) is 15.5. The Morgan fingerprint density at radius 2 is 2.10 bits per heavy atom. The van der Waals surface area contributed by atoms with Crippen LogP contribution < -0.4 is 10.0 Å². The molecule has 1 fully saturated rings. The molecule has 2 rings (SSSR count). The Morgan fingerprint density at radius 1 is 1.38 bits per heavy atom. The summed E-state index contributed by atoms with van der Waals surface area (Å²) in [6.45, 7) is 0.388. The number of nitrogens with one attached hydrogen (secondary N) is 2. The Labute approximate surface area is 123 Å². The lowest BCUT2D eigenvalue weighted by atomic mass is 10.2. The molecule has 0 spiro atoms. The first-order valence-electron chi connectivity index (χ1n) is 6.90. The van der Waals surface area contributed by atoms with Gasteiger partial charge in [0, 0.05) is 25.7 Å². The first-order chi connectivity index (χ1) is 9.94. The van der Waals surface area contributed by atoms with Crippen LogP contribution in [0.2, 0.25) is 0 Å². The van der Waals surface area contributed by atoms with E-state index in [-0.39, 0.29) is 16.3 Å². The minimum atomic E-state index is -3.66. The zero-order valence-corrected chi connectivity index (χ0v) is 12.6. The molecule has 0 aromatic heterocycles. The predicted octanol–water partition coefficient (Wildman–Crippen LogP) is 2.10. The summed E-state index contributed by atoms with van der Waals surface area (Å²) in [5, 5.41) is 13.4. The van der Waals surface area contributed by atoms with E-state index in [1.165, 1.54) is 38.1 Å². The lowest BCUT2D eigenvalue weighted by molar-refractivity contribution is -0.384. The topological polar surface area (TPSA) is 101 Å². The average molecular weight is 313 g/mol. The standard InChI is InChI=1S/C13H19N3O4S/c1-14-12-9-11(16(17)18)6-7-13(12)21(19,20)15-8-2-3-10-4-5-10/h6-7,9-10,14-15H,2-5,8H2,1H3. The van der Waals surface area contributed by atoms with Gasteiger partial charge >= 0.3 is 0 Å². The molecule has 0 bridgehead atoms. The monoisotopic (exact) mass is 313 g/mol. The molecule has 0 atom stereocenters. The van der Waals surface area contributed by atoms with Crippen molar-refractivity contribution >= 4 is 21.4 Å². The number of non-ortho nitro benzene ring substituents is 1. The highest BCUT2D eigenvalue weighted by molar-refractivity contribution is 7.89. The van der Waals surface area contributed by atoms with Gasteiger partial charge in [-0.25, -0.2) is 13.1 Å². The molecule has 116 valence electrons. The number of hydrogen-bond acceptors (Lipinski definition) is 5. The maximum absolute atomic E-state index is 12.2. The van der Waals surface area contributed by atoms with Gasteiger partial charge in [0.1, 0.15) is 4.90 Å². The second-order valence-corrected chi connectivity index (χ2v) is 6.91. The predicted molar refractivity (Wildman–Crippen MR) is 79.8 cm³/mol. The quantitative estimate of drug-likeness (QED) is 0.435. The molecule has 0 radical (unpaired) electrons. The number of nitro groups is 1. The van der Waals surface area contributed by atoms with E-state index in [1.54, 1.807) is 0 Å². The van der Waals surface area contributed by atoms with Crippen LogP contribution in [0.4, 0.5) is 11.4 Å². The van der Waals surface area contributed by atoms with Crippen molar-refractivity contribution in [2.75, 3.05) is 18.9 Å². The smallest absolute Gasteiger partial charge is 0.271 e. The fraction of sp³-hybridized carbons (Fsp3) is 0.538. The van der Waals surface area contributed by atoms with Crippen molar-refractivity contribution in [1.29, 1.82) is 0 Å². The highest BCUT2D eigenvalue weighted by Crippen LogP contribution is 2.33. The lowest BCUT2D eigenvalue weighted by Gasteiger charge is -2.11. The molecular formula is C13H19N3O4S. The van der Waals surface area contributed by atoms with Crippen molar-refractivity contribution in [1.82, 2.24) is 4.72 Å². The molecule has 7 nitrogen and oxygen atoms in total. The largest absolute Gasteiger partial charge is 0.387 e. The highest BCUT2D eigenvalue weighted by Gasteiger charge is 2.22. The van der Waals surface area contributed by atoms with Crippen LogP contribution >= 0.6 is 0 Å². The van der Waals surface area contributed by atoms with Gasteiger partial charge in [0.2, 0.25) is 10.0 Å². The molecule has 1 aliphatic rings. The summed E-state index contributed by atoms with van der Waals surface area (Å²) < 4.78 is 27.0. The summed E-state index contributed by atoms with van der Waals surface area (Å²) in [6.07, 6.45) is 4.35. The molecule has 1 aromatic carbocycles. The number of nitro benzene ring substituents is 1. The van der Waals surface area contributed by atoms with Crippen LogP contribution in [-0.4, -0.2) is 26.9 Å². The van der Waals surface area contributed by atoms with Gasteiger partial charge in [-0.05, 0) is 24.8 Å². The van der Waals surface area contributed by atoms with Crippen molar-refractivity contribution in [3.8, 4) is 0 Å². The molecule has 0 heterocycles. The molecule has 1 aromatic rings. The molecule has 0 unspecified atom stereocenters. The summed E-state index contributed by atoms with van der Waals surface area (Å²) in [5.41, 5.74) is 0.0749. The van der Waals surface area contributed by atoms with Crippen LogP contribution in [0.1, 0.15) is 25.7 Å². The molecule has 1 saturated carbocycles. The second kappa shape index (κ2) is 6.40. The SMILES string of the molecule is CNc1cc([N+](=O)[O-])ccc1S(=O)(=O)NCCCC1CC1. The van der Waals surface area contributed by atoms with E-state index >= 15 is 0 Å². The summed E-state index contributed by atoms with van der Waals surface area (Å²) in [6, 6.07) is 3.67. The average Bonchev–Trinajstić information content (AvgIpc) is 3.27. The second-order valence-electron chi connectivity index (χ2n) is 5.17. The van der Waals surface area contributed by atoms with Crippen LogP contribution in [0.25, 0.3) is 0 Å². The van der Waals surface area contributed by atoms with E-state index in [0.29, 0.717) is 6.54 Å². The van der Waals surface area contributed by atoms with Gasteiger partial charge in [0.25, 0.3) is 5.69 Å². The molecule has 0 aliphatic heterocycles. The maximum Gasteiger partial charge on any atom is 0.271 e. The first-order valence-corrected chi connectivity index (χ1v) is 8.38. The van der Waals surface area contributed by atoms with Gasteiger partial charge in [0.15, 0.2) is 0 Å². The number of benzene rings is 1. The summed E-state index contributed by atoms with van der Waals surface area (Å²) >= 11 is 0. The van der Waals surface area contributed by atoms with Gasteiger partial charge < -0.3 is 5.32 Å². The number of anilines is 1. The third kappa shape index (κ3) is 4.15. The number of sulfonamides is 1. The van der Waals surface area contributed by atoms with E-state index in [4.69, 9.17) is 0 Å². The van der Waals surface area contributed by atoms with E-state index in [9.17, 15) is 18.5 Å². The Bertz CT molecular complexity index is 626. The summed E-state index contributed by atoms with van der Waals surface area (Å²) in [4.78, 5) is 10.2.